The second-order valence-corrected chi connectivity index (χ2v) is 7.49. The normalized spacial score (nSPS) is 11.7. The largest absolute Gasteiger partial charge is 0.269 e. The van der Waals surface area contributed by atoms with Gasteiger partial charge in [-0.1, -0.05) is 0 Å². The highest BCUT2D eigenvalue weighted by Crippen LogP contribution is 2.25. The molecular formula is C14H14N4O2S2. The van der Waals surface area contributed by atoms with Crippen LogP contribution in [0.25, 0.3) is 11.0 Å². The standard InChI is InChI=1S/C14H14N4O2S2/c1-18(10-3-5-11(21-2)6-4-10)22(19,20)12-7-8-13-14(9-12)16-17-15-13/h3-9H,1-2H3,(H,15,16,17). The van der Waals surface area contributed by atoms with Crippen molar-refractivity contribution in [2.24, 2.45) is 0 Å². The number of H-pyrrole nitrogens is 1. The molecule has 0 saturated heterocycles. The van der Waals surface area contributed by atoms with E-state index in [1.807, 2.05) is 18.4 Å². The van der Waals surface area contributed by atoms with Crippen molar-refractivity contribution < 1.29 is 8.42 Å². The minimum absolute atomic E-state index is 0.186. The Kier molecular flexibility index (Phi) is 3.79. The molecule has 114 valence electrons. The molecule has 22 heavy (non-hydrogen) atoms. The maximum atomic E-state index is 12.7. The Morgan fingerprint density at radius 1 is 1.05 bits per heavy atom. The van der Waals surface area contributed by atoms with E-state index in [0.29, 0.717) is 16.7 Å². The third-order valence-corrected chi connectivity index (χ3v) is 5.91. The van der Waals surface area contributed by atoms with Gasteiger partial charge in [0.25, 0.3) is 10.0 Å². The number of anilines is 1. The van der Waals surface area contributed by atoms with Crippen LogP contribution in [0.3, 0.4) is 0 Å². The summed E-state index contributed by atoms with van der Waals surface area (Å²) in [6, 6.07) is 12.1. The van der Waals surface area contributed by atoms with Gasteiger partial charge in [-0.3, -0.25) is 4.31 Å². The van der Waals surface area contributed by atoms with Crippen molar-refractivity contribution in [3.8, 4) is 0 Å². The fraction of sp³-hybridized carbons (Fsp3) is 0.143. The van der Waals surface area contributed by atoms with Gasteiger partial charge in [0.2, 0.25) is 0 Å². The summed E-state index contributed by atoms with van der Waals surface area (Å²) in [4.78, 5) is 1.27. The summed E-state index contributed by atoms with van der Waals surface area (Å²) in [6.45, 7) is 0. The average molecular weight is 334 g/mol. The molecule has 0 atom stereocenters. The molecule has 3 aromatic rings. The van der Waals surface area contributed by atoms with Crippen LogP contribution in [0.4, 0.5) is 5.69 Å². The van der Waals surface area contributed by atoms with Crippen molar-refractivity contribution in [2.75, 3.05) is 17.6 Å². The summed E-state index contributed by atoms with van der Waals surface area (Å²) in [7, 11) is -2.10. The van der Waals surface area contributed by atoms with Crippen molar-refractivity contribution in [2.45, 2.75) is 9.79 Å². The zero-order chi connectivity index (χ0) is 15.7. The fourth-order valence-corrected chi connectivity index (χ4v) is 3.69. The van der Waals surface area contributed by atoms with Crippen molar-refractivity contribution in [3.05, 3.63) is 42.5 Å². The Hall–Kier alpha value is -2.06. The van der Waals surface area contributed by atoms with Gasteiger partial charge in [-0.25, -0.2) is 8.42 Å². The number of sulfonamides is 1. The van der Waals surface area contributed by atoms with Gasteiger partial charge in [-0.05, 0) is 48.7 Å². The van der Waals surface area contributed by atoms with Crippen LogP contribution >= 0.6 is 11.8 Å². The summed E-state index contributed by atoms with van der Waals surface area (Å²) in [6.07, 6.45) is 1.97. The van der Waals surface area contributed by atoms with E-state index in [1.54, 1.807) is 30.0 Å². The molecule has 0 amide bonds. The third-order valence-electron chi connectivity index (χ3n) is 3.38. The van der Waals surface area contributed by atoms with Crippen LogP contribution in [0, 0.1) is 0 Å². The van der Waals surface area contributed by atoms with Gasteiger partial charge in [-0.2, -0.15) is 15.4 Å². The molecule has 1 N–H and O–H groups in total. The summed E-state index contributed by atoms with van der Waals surface area (Å²) in [5.74, 6) is 0. The quantitative estimate of drug-likeness (QED) is 0.742. The molecule has 0 aliphatic heterocycles. The Bertz CT molecular complexity index is 904. The SMILES string of the molecule is CSc1ccc(N(C)S(=O)(=O)c2ccc3n[nH]nc3c2)cc1. The Labute approximate surface area is 132 Å². The van der Waals surface area contributed by atoms with Gasteiger partial charge in [0.15, 0.2) is 0 Å². The van der Waals surface area contributed by atoms with Crippen LogP contribution in [0.5, 0.6) is 0 Å². The zero-order valence-electron chi connectivity index (χ0n) is 12.0. The first kappa shape index (κ1) is 14.9. The van der Waals surface area contributed by atoms with Crippen LogP contribution in [0.1, 0.15) is 0 Å². The monoisotopic (exact) mass is 334 g/mol. The molecule has 1 aromatic heterocycles. The molecule has 0 saturated carbocycles. The number of hydrogen-bond donors (Lipinski definition) is 1. The Balaban J connectivity index is 1.99. The van der Waals surface area contributed by atoms with E-state index in [1.165, 1.54) is 23.5 Å². The molecule has 0 bridgehead atoms. The predicted molar refractivity (Wildman–Crippen MR) is 87.7 cm³/mol. The van der Waals surface area contributed by atoms with Gasteiger partial charge in [0, 0.05) is 11.9 Å². The molecule has 6 nitrogen and oxygen atoms in total. The van der Waals surface area contributed by atoms with Crippen LogP contribution < -0.4 is 4.31 Å². The van der Waals surface area contributed by atoms with Gasteiger partial charge in [0.1, 0.15) is 11.0 Å². The number of aromatic amines is 1. The van der Waals surface area contributed by atoms with Crippen LogP contribution in [0.15, 0.2) is 52.3 Å². The molecule has 0 fully saturated rings. The highest BCUT2D eigenvalue weighted by atomic mass is 32.2. The summed E-state index contributed by atoms with van der Waals surface area (Å²) >= 11 is 1.61. The van der Waals surface area contributed by atoms with E-state index in [0.717, 1.165) is 4.90 Å². The molecule has 0 unspecified atom stereocenters. The maximum absolute atomic E-state index is 12.7. The van der Waals surface area contributed by atoms with Crippen LogP contribution in [-0.2, 0) is 10.0 Å². The highest BCUT2D eigenvalue weighted by molar-refractivity contribution is 7.98. The first-order valence-corrected chi connectivity index (χ1v) is 9.12. The fourth-order valence-electron chi connectivity index (χ4n) is 2.07. The summed E-state index contributed by atoms with van der Waals surface area (Å²) in [5.41, 5.74) is 1.76. The maximum Gasteiger partial charge on any atom is 0.264 e. The van der Waals surface area contributed by atoms with Gasteiger partial charge >= 0.3 is 0 Å². The number of benzene rings is 2. The summed E-state index contributed by atoms with van der Waals surface area (Å²) in [5, 5.41) is 10.3. The van der Waals surface area contributed by atoms with E-state index >= 15 is 0 Å². The second-order valence-electron chi connectivity index (χ2n) is 4.64. The first-order valence-electron chi connectivity index (χ1n) is 6.46. The molecule has 0 aliphatic rings. The molecular weight excluding hydrogens is 320 g/mol. The average Bonchev–Trinajstić information content (AvgIpc) is 3.01. The molecule has 1 heterocycles. The van der Waals surface area contributed by atoms with Gasteiger partial charge < -0.3 is 0 Å². The van der Waals surface area contributed by atoms with Crippen molar-refractivity contribution in [1.29, 1.82) is 0 Å². The van der Waals surface area contributed by atoms with Gasteiger partial charge in [-0.15, -0.1) is 11.8 Å². The molecule has 8 heteroatoms. The molecule has 2 aromatic carbocycles. The lowest BCUT2D eigenvalue weighted by atomic mass is 10.3. The number of nitrogens with one attached hydrogen (secondary N) is 1. The minimum atomic E-state index is -3.64. The minimum Gasteiger partial charge on any atom is -0.269 e. The smallest absolute Gasteiger partial charge is 0.264 e. The number of hydrogen-bond acceptors (Lipinski definition) is 5. The van der Waals surface area contributed by atoms with E-state index in [4.69, 9.17) is 0 Å². The lowest BCUT2D eigenvalue weighted by Crippen LogP contribution is -2.26. The van der Waals surface area contributed by atoms with Crippen molar-refractivity contribution >= 4 is 38.5 Å². The summed E-state index contributed by atoms with van der Waals surface area (Å²) < 4.78 is 26.7. The van der Waals surface area contributed by atoms with E-state index < -0.39 is 10.0 Å². The first-order chi connectivity index (χ1) is 10.5. The lowest BCUT2D eigenvalue weighted by molar-refractivity contribution is 0.594. The van der Waals surface area contributed by atoms with E-state index in [-0.39, 0.29) is 4.90 Å². The molecule has 0 radical (unpaired) electrons. The van der Waals surface area contributed by atoms with Crippen molar-refractivity contribution in [1.82, 2.24) is 15.4 Å². The molecule has 0 aliphatic carbocycles. The van der Waals surface area contributed by atoms with Crippen LogP contribution in [-0.4, -0.2) is 37.1 Å². The van der Waals surface area contributed by atoms with Crippen LogP contribution in [0.2, 0.25) is 0 Å². The Morgan fingerprint density at radius 2 is 1.73 bits per heavy atom. The number of aromatic nitrogens is 3. The van der Waals surface area contributed by atoms with E-state index in [9.17, 15) is 8.42 Å². The van der Waals surface area contributed by atoms with E-state index in [2.05, 4.69) is 15.4 Å². The topological polar surface area (TPSA) is 79.0 Å². The lowest BCUT2D eigenvalue weighted by Gasteiger charge is -2.19. The Morgan fingerprint density at radius 3 is 2.41 bits per heavy atom. The second kappa shape index (κ2) is 5.62. The number of thioether (sulfide) groups is 1. The van der Waals surface area contributed by atoms with Gasteiger partial charge in [0.05, 0.1) is 10.6 Å². The number of nitrogens with zero attached hydrogens (tertiary/aromatic N) is 3. The molecule has 3 rings (SSSR count). The third kappa shape index (κ3) is 2.55. The number of fused-ring (bicyclic) bond motifs is 1. The highest BCUT2D eigenvalue weighted by Gasteiger charge is 2.22. The zero-order valence-corrected chi connectivity index (χ0v) is 13.6. The number of rotatable bonds is 4. The van der Waals surface area contributed by atoms with Crippen molar-refractivity contribution in [3.63, 3.8) is 0 Å². The molecule has 0 spiro atoms. The predicted octanol–water partition coefficient (Wildman–Crippen LogP) is 2.50.